The van der Waals surface area contributed by atoms with Crippen LogP contribution in [0.3, 0.4) is 0 Å². The first-order valence-corrected chi connectivity index (χ1v) is 20.1. The minimum Gasteiger partial charge on any atom is -0.526 e. The van der Waals surface area contributed by atoms with Gasteiger partial charge in [0, 0.05) is 62.5 Å². The summed E-state index contributed by atoms with van der Waals surface area (Å²) in [5, 5.41) is 7.40. The minimum atomic E-state index is -0.506. The van der Waals surface area contributed by atoms with E-state index in [2.05, 4.69) is 10.6 Å². The van der Waals surface area contributed by atoms with E-state index in [9.17, 15) is 9.59 Å². The van der Waals surface area contributed by atoms with Gasteiger partial charge in [0.1, 0.15) is 34.2 Å². The fraction of sp³-hybridized carbons (Fsp3) is 0.667. The standard InChI is InChI=1S/C42H66BN4O8/c1-11-50-37-23-21-35(25-29(37)27-44-31-13-17-33(18-14-31)46(9)39(48)52-41(3,4)5)54-43-55-36-22-24-38(51-12-2)30(26-36)28-45-32-15-19-34(20-16-32)47(10)40(49)53-42(6,7)8/h21-26,31-34,44-45H,11-20,27-28H2,1-10H3. The minimum absolute atomic E-state index is 0.174. The Balaban J connectivity index is 1.26. The zero-order valence-electron chi connectivity index (χ0n) is 35.0. The lowest BCUT2D eigenvalue weighted by Crippen LogP contribution is -2.44. The van der Waals surface area contributed by atoms with Gasteiger partial charge >= 0.3 is 19.9 Å². The van der Waals surface area contributed by atoms with Crippen molar-refractivity contribution in [3.8, 4) is 23.0 Å². The molecule has 2 aromatic carbocycles. The Labute approximate surface area is 330 Å². The molecule has 13 heteroatoms. The fourth-order valence-corrected chi connectivity index (χ4v) is 7.07. The maximum atomic E-state index is 12.6. The second kappa shape index (κ2) is 20.4. The van der Waals surface area contributed by atoms with E-state index in [4.69, 9.17) is 28.3 Å². The van der Waals surface area contributed by atoms with Gasteiger partial charge in [-0.1, -0.05) is 0 Å². The van der Waals surface area contributed by atoms with Crippen molar-refractivity contribution in [2.24, 2.45) is 0 Å². The summed E-state index contributed by atoms with van der Waals surface area (Å²) in [5.41, 5.74) is 0.989. The number of hydrogen-bond acceptors (Lipinski definition) is 10. The molecule has 0 saturated heterocycles. The number of rotatable bonds is 16. The van der Waals surface area contributed by atoms with Crippen LogP contribution in [-0.2, 0) is 22.6 Å². The second-order valence-corrected chi connectivity index (χ2v) is 16.7. The molecule has 4 rings (SSSR count). The van der Waals surface area contributed by atoms with Crippen LogP contribution in [0.15, 0.2) is 36.4 Å². The van der Waals surface area contributed by atoms with Crippen molar-refractivity contribution in [1.82, 2.24) is 20.4 Å². The van der Waals surface area contributed by atoms with Crippen molar-refractivity contribution in [3.05, 3.63) is 47.5 Å². The summed E-state index contributed by atoms with van der Waals surface area (Å²) in [6.07, 6.45) is 7.00. The number of nitrogens with one attached hydrogen (secondary N) is 2. The Kier molecular flexibility index (Phi) is 16.2. The molecule has 0 heterocycles. The lowest BCUT2D eigenvalue weighted by atomic mass is 9.90. The van der Waals surface area contributed by atoms with Crippen LogP contribution in [-0.4, -0.2) is 92.4 Å². The highest BCUT2D eigenvalue weighted by atomic mass is 16.6. The summed E-state index contributed by atoms with van der Waals surface area (Å²) >= 11 is 0. The summed E-state index contributed by atoms with van der Waals surface area (Å²) in [6.45, 7) is 17.7. The van der Waals surface area contributed by atoms with Crippen LogP contribution in [0.5, 0.6) is 23.0 Å². The molecule has 0 unspecified atom stereocenters. The van der Waals surface area contributed by atoms with E-state index < -0.39 is 11.2 Å². The smallest absolute Gasteiger partial charge is 0.526 e. The van der Waals surface area contributed by atoms with E-state index in [-0.39, 0.29) is 24.3 Å². The largest absolute Gasteiger partial charge is 0.658 e. The number of ether oxygens (including phenoxy) is 4. The van der Waals surface area contributed by atoms with E-state index in [1.54, 1.807) is 9.80 Å². The molecule has 1 radical (unpaired) electrons. The van der Waals surface area contributed by atoms with Crippen LogP contribution < -0.4 is 29.4 Å². The normalized spacial score (nSPS) is 20.2. The Morgan fingerprint density at radius 2 is 1.00 bits per heavy atom. The van der Waals surface area contributed by atoms with Crippen molar-refractivity contribution in [3.63, 3.8) is 0 Å². The third-order valence-electron chi connectivity index (χ3n) is 10.0. The first-order chi connectivity index (χ1) is 26.0. The SMILES string of the molecule is CCOc1ccc(O[B]Oc2ccc(OCC)c(CNC3CCC(N(C)C(=O)OC(C)(C)C)CC3)c2)cc1CNC1CCC(N(C)C(=O)OC(C)(C)C)CC1. The van der Waals surface area contributed by atoms with Gasteiger partial charge in [-0.25, -0.2) is 9.59 Å². The zero-order chi connectivity index (χ0) is 40.2. The highest BCUT2D eigenvalue weighted by molar-refractivity contribution is 6.20. The number of benzene rings is 2. The maximum absolute atomic E-state index is 12.6. The molecule has 2 saturated carbocycles. The molecule has 2 fully saturated rings. The molecule has 0 atom stereocenters. The molecule has 2 aliphatic carbocycles. The predicted octanol–water partition coefficient (Wildman–Crippen LogP) is 8.01. The Morgan fingerprint density at radius 1 is 0.636 bits per heavy atom. The molecular weight excluding hydrogens is 699 g/mol. The van der Waals surface area contributed by atoms with Gasteiger partial charge in [-0.15, -0.1) is 0 Å². The average Bonchev–Trinajstić information content (AvgIpc) is 3.13. The summed E-state index contributed by atoms with van der Waals surface area (Å²) in [6, 6.07) is 12.6. The molecular formula is C42H66BN4O8. The van der Waals surface area contributed by atoms with E-state index in [0.717, 1.165) is 74.0 Å². The van der Waals surface area contributed by atoms with Crippen LogP contribution >= 0.6 is 0 Å². The van der Waals surface area contributed by atoms with E-state index in [1.165, 1.54) is 7.69 Å². The van der Waals surface area contributed by atoms with E-state index in [0.29, 0.717) is 49.9 Å². The molecule has 2 aliphatic rings. The van der Waals surface area contributed by atoms with E-state index >= 15 is 0 Å². The highest BCUT2D eigenvalue weighted by Crippen LogP contribution is 2.30. The monoisotopic (exact) mass is 765 g/mol. The van der Waals surface area contributed by atoms with Crippen molar-refractivity contribution in [2.75, 3.05) is 27.3 Å². The van der Waals surface area contributed by atoms with Crippen molar-refractivity contribution >= 4 is 19.9 Å². The summed E-state index contributed by atoms with van der Waals surface area (Å²) < 4.78 is 34.9. The molecule has 2 aromatic rings. The van der Waals surface area contributed by atoms with Gasteiger partial charge in [-0.2, -0.15) is 0 Å². The zero-order valence-corrected chi connectivity index (χ0v) is 35.0. The topological polar surface area (TPSA) is 120 Å². The van der Waals surface area contributed by atoms with Crippen molar-refractivity contribution in [2.45, 2.75) is 155 Å². The molecule has 2 amide bonds. The van der Waals surface area contributed by atoms with Gasteiger partial charge in [-0.3, -0.25) is 0 Å². The van der Waals surface area contributed by atoms with Gasteiger partial charge in [0.15, 0.2) is 0 Å². The third kappa shape index (κ3) is 14.3. The average molecular weight is 766 g/mol. The van der Waals surface area contributed by atoms with Gasteiger partial charge < -0.3 is 48.7 Å². The molecule has 305 valence electrons. The summed E-state index contributed by atoms with van der Waals surface area (Å²) in [7, 11) is 5.03. The van der Waals surface area contributed by atoms with Crippen LogP contribution in [0.1, 0.15) is 118 Å². The predicted molar refractivity (Wildman–Crippen MR) is 216 cm³/mol. The number of carbonyl (C=O) groups excluding carboxylic acids is 2. The molecule has 55 heavy (non-hydrogen) atoms. The van der Waals surface area contributed by atoms with E-state index in [1.807, 2.05) is 106 Å². The van der Waals surface area contributed by atoms with Crippen molar-refractivity contribution < 1.29 is 37.8 Å². The van der Waals surface area contributed by atoms with Crippen LogP contribution in [0, 0.1) is 0 Å². The maximum Gasteiger partial charge on any atom is 0.658 e. The molecule has 0 spiro atoms. The van der Waals surface area contributed by atoms with Crippen LogP contribution in [0.4, 0.5) is 9.59 Å². The Hall–Kier alpha value is -3.84. The van der Waals surface area contributed by atoms with Crippen molar-refractivity contribution in [1.29, 1.82) is 0 Å². The van der Waals surface area contributed by atoms with Crippen LogP contribution in [0.25, 0.3) is 0 Å². The van der Waals surface area contributed by atoms with Crippen LogP contribution in [0.2, 0.25) is 0 Å². The first-order valence-electron chi connectivity index (χ1n) is 20.1. The first kappa shape index (κ1) is 43.9. The number of nitrogens with zero attached hydrogens (tertiary/aromatic N) is 2. The lowest BCUT2D eigenvalue weighted by Gasteiger charge is -2.36. The van der Waals surface area contributed by atoms with Gasteiger partial charge in [0.2, 0.25) is 0 Å². The third-order valence-corrected chi connectivity index (χ3v) is 10.0. The summed E-state index contributed by atoms with van der Waals surface area (Å²) in [4.78, 5) is 28.6. The Morgan fingerprint density at radius 3 is 1.33 bits per heavy atom. The molecule has 0 aromatic heterocycles. The number of hydrogen-bond donors (Lipinski definition) is 2. The molecule has 0 aliphatic heterocycles. The van der Waals surface area contributed by atoms with Gasteiger partial charge in [0.05, 0.1) is 13.2 Å². The lowest BCUT2D eigenvalue weighted by molar-refractivity contribution is 0.0169. The Bertz CT molecular complexity index is 1400. The molecule has 2 N–H and O–H groups in total. The van der Waals surface area contributed by atoms with Gasteiger partial charge in [-0.05, 0) is 143 Å². The number of carbonyl (C=O) groups is 2. The number of amides is 2. The fourth-order valence-electron chi connectivity index (χ4n) is 7.07. The molecule has 12 nitrogen and oxygen atoms in total. The van der Waals surface area contributed by atoms with Gasteiger partial charge in [0.25, 0.3) is 0 Å². The molecule has 0 bridgehead atoms. The highest BCUT2D eigenvalue weighted by Gasteiger charge is 2.31. The quantitative estimate of drug-likeness (QED) is 0.163. The summed E-state index contributed by atoms with van der Waals surface area (Å²) in [5.74, 6) is 2.91. The second-order valence-electron chi connectivity index (χ2n) is 16.7.